The molecule has 0 amide bonds. The molecule has 0 aliphatic heterocycles. The fourth-order valence-corrected chi connectivity index (χ4v) is 2.15. The number of aromatic amines is 2. The van der Waals surface area contributed by atoms with Gasteiger partial charge in [0.15, 0.2) is 5.82 Å². The minimum absolute atomic E-state index is 0.133. The van der Waals surface area contributed by atoms with Crippen molar-refractivity contribution in [3.8, 4) is 0 Å². The minimum Gasteiger partial charge on any atom is -0.374 e. The Hall–Kier alpha value is -2.57. The lowest BCUT2D eigenvalue weighted by Gasteiger charge is -2.12. The van der Waals surface area contributed by atoms with Crippen LogP contribution in [0.3, 0.4) is 0 Å². The second kappa shape index (κ2) is 5.01. The van der Waals surface area contributed by atoms with Crippen LogP contribution in [0.15, 0.2) is 27.5 Å². The number of rotatable bonds is 3. The summed E-state index contributed by atoms with van der Waals surface area (Å²) in [5, 5.41) is 7.32. The second-order valence-corrected chi connectivity index (χ2v) is 6.41. The Bertz CT molecular complexity index is 853. The van der Waals surface area contributed by atoms with Crippen molar-refractivity contribution in [1.82, 2.24) is 20.1 Å². The lowest BCUT2D eigenvalue weighted by molar-refractivity contribution is 0.354. The molecule has 7 heteroatoms. The van der Waals surface area contributed by atoms with Gasteiger partial charge in [0.25, 0.3) is 0 Å². The quantitative estimate of drug-likeness (QED) is 0.690. The molecule has 0 fully saturated rings. The molecule has 0 spiro atoms. The fraction of sp³-hybridized carbons (Fsp3) is 0.400. The van der Waals surface area contributed by atoms with Gasteiger partial charge in [0.2, 0.25) is 5.89 Å². The van der Waals surface area contributed by atoms with E-state index < -0.39 is 0 Å². The Morgan fingerprint density at radius 2 is 1.95 bits per heavy atom. The Morgan fingerprint density at radius 3 is 2.64 bits per heavy atom. The summed E-state index contributed by atoms with van der Waals surface area (Å²) in [6.45, 7) is 8.06. The number of nitrogens with zero attached hydrogens (tertiary/aromatic N) is 2. The third-order valence-corrected chi connectivity index (χ3v) is 3.38. The number of anilines is 1. The van der Waals surface area contributed by atoms with Crippen molar-refractivity contribution in [3.63, 3.8) is 0 Å². The van der Waals surface area contributed by atoms with Crippen LogP contribution in [0.1, 0.15) is 45.5 Å². The van der Waals surface area contributed by atoms with Gasteiger partial charge in [-0.1, -0.05) is 25.9 Å². The highest BCUT2D eigenvalue weighted by molar-refractivity contribution is 5.78. The first-order chi connectivity index (χ1) is 10.3. The van der Waals surface area contributed by atoms with Crippen molar-refractivity contribution in [1.29, 1.82) is 0 Å². The van der Waals surface area contributed by atoms with Gasteiger partial charge in [-0.25, -0.2) is 4.79 Å². The summed E-state index contributed by atoms with van der Waals surface area (Å²) in [5.74, 6) is 1.22. The van der Waals surface area contributed by atoms with E-state index in [4.69, 9.17) is 4.52 Å². The van der Waals surface area contributed by atoms with Gasteiger partial charge in [0.05, 0.1) is 11.0 Å². The van der Waals surface area contributed by atoms with E-state index in [9.17, 15) is 4.79 Å². The molecule has 7 nitrogen and oxygen atoms in total. The molecule has 0 saturated heterocycles. The van der Waals surface area contributed by atoms with Crippen LogP contribution in [0, 0.1) is 0 Å². The molecule has 2 heterocycles. The van der Waals surface area contributed by atoms with Crippen LogP contribution in [0.25, 0.3) is 11.0 Å². The fourth-order valence-electron chi connectivity index (χ4n) is 2.15. The maximum Gasteiger partial charge on any atom is 0.323 e. The van der Waals surface area contributed by atoms with Crippen molar-refractivity contribution in [3.05, 3.63) is 40.4 Å². The molecule has 0 bridgehead atoms. The SMILES string of the molecule is CC(Nc1ccc2[nH]c(=O)[nH]c2c1)c1nc(C(C)(C)C)no1. The van der Waals surface area contributed by atoms with Gasteiger partial charge in [0, 0.05) is 11.1 Å². The summed E-state index contributed by atoms with van der Waals surface area (Å²) in [6.07, 6.45) is 0. The molecule has 1 aromatic carbocycles. The largest absolute Gasteiger partial charge is 0.374 e. The highest BCUT2D eigenvalue weighted by Crippen LogP contribution is 2.23. The molecule has 116 valence electrons. The van der Waals surface area contributed by atoms with Crippen LogP contribution < -0.4 is 11.0 Å². The van der Waals surface area contributed by atoms with Crippen LogP contribution in [0.2, 0.25) is 0 Å². The Kier molecular flexibility index (Phi) is 3.27. The van der Waals surface area contributed by atoms with Crippen LogP contribution in [0.4, 0.5) is 5.69 Å². The number of aromatic nitrogens is 4. The predicted molar refractivity (Wildman–Crippen MR) is 84.0 cm³/mol. The smallest absolute Gasteiger partial charge is 0.323 e. The van der Waals surface area contributed by atoms with Gasteiger partial charge < -0.3 is 19.8 Å². The zero-order valence-electron chi connectivity index (χ0n) is 13.0. The maximum absolute atomic E-state index is 11.3. The first-order valence-electron chi connectivity index (χ1n) is 7.15. The molecule has 3 aromatic rings. The number of H-pyrrole nitrogens is 2. The van der Waals surface area contributed by atoms with E-state index >= 15 is 0 Å². The van der Waals surface area contributed by atoms with Crippen molar-refractivity contribution >= 4 is 16.7 Å². The van der Waals surface area contributed by atoms with E-state index in [0.717, 1.165) is 16.7 Å². The molecule has 0 saturated carbocycles. The lowest BCUT2D eigenvalue weighted by Crippen LogP contribution is -2.14. The highest BCUT2D eigenvalue weighted by Gasteiger charge is 2.23. The summed E-state index contributed by atoms with van der Waals surface area (Å²) >= 11 is 0. The molecule has 0 aliphatic rings. The van der Waals surface area contributed by atoms with E-state index in [1.165, 1.54) is 0 Å². The molecule has 1 atom stereocenters. The number of hydrogen-bond donors (Lipinski definition) is 3. The standard InChI is InChI=1S/C15H19N5O2/c1-8(12-19-13(20-22-12)15(2,3)4)16-9-5-6-10-11(7-9)18-14(21)17-10/h5-8,16H,1-4H3,(H2,17,18,21). The number of fused-ring (bicyclic) bond motifs is 1. The lowest BCUT2D eigenvalue weighted by atomic mass is 9.96. The normalized spacial score (nSPS) is 13.5. The Balaban J connectivity index is 1.81. The third kappa shape index (κ3) is 2.74. The van der Waals surface area contributed by atoms with Gasteiger partial charge in [-0.3, -0.25) is 0 Å². The number of hydrogen-bond acceptors (Lipinski definition) is 5. The first-order valence-corrected chi connectivity index (χ1v) is 7.15. The van der Waals surface area contributed by atoms with Gasteiger partial charge in [-0.15, -0.1) is 0 Å². The van der Waals surface area contributed by atoms with Gasteiger partial charge in [-0.2, -0.15) is 4.98 Å². The van der Waals surface area contributed by atoms with E-state index in [-0.39, 0.29) is 17.1 Å². The molecule has 1 unspecified atom stereocenters. The van der Waals surface area contributed by atoms with Crippen LogP contribution in [0.5, 0.6) is 0 Å². The molecule has 3 rings (SSSR count). The minimum atomic E-state index is -0.216. The summed E-state index contributed by atoms with van der Waals surface area (Å²) in [7, 11) is 0. The van der Waals surface area contributed by atoms with Crippen molar-refractivity contribution < 1.29 is 4.52 Å². The molecule has 22 heavy (non-hydrogen) atoms. The second-order valence-electron chi connectivity index (χ2n) is 6.41. The van der Waals surface area contributed by atoms with Gasteiger partial charge in [0.1, 0.15) is 6.04 Å². The van der Waals surface area contributed by atoms with Crippen LogP contribution >= 0.6 is 0 Å². The Labute approximate surface area is 127 Å². The molecular weight excluding hydrogens is 282 g/mol. The molecule has 3 N–H and O–H groups in total. The van der Waals surface area contributed by atoms with Crippen LogP contribution in [-0.2, 0) is 5.41 Å². The van der Waals surface area contributed by atoms with E-state index in [0.29, 0.717) is 11.7 Å². The maximum atomic E-state index is 11.3. The summed E-state index contributed by atoms with van der Waals surface area (Å²) in [5.41, 5.74) is 2.03. The zero-order chi connectivity index (χ0) is 15.9. The van der Waals surface area contributed by atoms with Crippen molar-refractivity contribution in [2.75, 3.05) is 5.32 Å². The monoisotopic (exact) mass is 301 g/mol. The summed E-state index contributed by atoms with van der Waals surface area (Å²) in [6, 6.07) is 5.47. The Morgan fingerprint density at radius 1 is 1.23 bits per heavy atom. The average molecular weight is 301 g/mol. The summed E-state index contributed by atoms with van der Waals surface area (Å²) in [4.78, 5) is 21.2. The molecular formula is C15H19N5O2. The van der Waals surface area contributed by atoms with Crippen LogP contribution in [-0.4, -0.2) is 20.1 Å². The van der Waals surface area contributed by atoms with Gasteiger partial charge >= 0.3 is 5.69 Å². The number of nitrogens with one attached hydrogen (secondary N) is 3. The number of benzene rings is 1. The van der Waals surface area contributed by atoms with E-state index in [1.54, 1.807) is 0 Å². The van der Waals surface area contributed by atoms with E-state index in [1.807, 2.05) is 45.9 Å². The van der Waals surface area contributed by atoms with E-state index in [2.05, 4.69) is 25.4 Å². The average Bonchev–Trinajstić information content (AvgIpc) is 3.02. The highest BCUT2D eigenvalue weighted by atomic mass is 16.5. The molecule has 0 radical (unpaired) electrons. The molecule has 0 aliphatic carbocycles. The number of imidazole rings is 1. The summed E-state index contributed by atoms with van der Waals surface area (Å²) < 4.78 is 5.33. The van der Waals surface area contributed by atoms with Crippen molar-refractivity contribution in [2.24, 2.45) is 0 Å². The molecule has 2 aromatic heterocycles. The van der Waals surface area contributed by atoms with Crippen molar-refractivity contribution in [2.45, 2.75) is 39.2 Å². The predicted octanol–water partition coefficient (Wildman–Crippen LogP) is 2.71. The third-order valence-electron chi connectivity index (χ3n) is 3.38. The zero-order valence-corrected chi connectivity index (χ0v) is 13.0. The van der Waals surface area contributed by atoms with Gasteiger partial charge in [-0.05, 0) is 25.1 Å². The topological polar surface area (TPSA) is 99.6 Å². The first kappa shape index (κ1) is 14.4.